The number of amides is 1. The first-order chi connectivity index (χ1) is 14.7. The molecule has 0 aliphatic carbocycles. The van der Waals surface area contributed by atoms with E-state index < -0.39 is 17.6 Å². The molecule has 31 heavy (non-hydrogen) atoms. The summed E-state index contributed by atoms with van der Waals surface area (Å²) in [6.45, 7) is 1.76. The third-order valence-corrected chi connectivity index (χ3v) is 5.37. The lowest BCUT2D eigenvalue weighted by atomic mass is 10.1. The first-order valence-corrected chi connectivity index (χ1v) is 9.91. The number of aromatic nitrogens is 2. The van der Waals surface area contributed by atoms with E-state index >= 15 is 0 Å². The van der Waals surface area contributed by atoms with Crippen LogP contribution in [0.15, 0.2) is 64.5 Å². The van der Waals surface area contributed by atoms with E-state index in [2.05, 4.69) is 15.4 Å². The van der Waals surface area contributed by atoms with Gasteiger partial charge in [-0.05, 0) is 54.6 Å². The van der Waals surface area contributed by atoms with Gasteiger partial charge in [0.2, 0.25) is 0 Å². The molecule has 1 saturated heterocycles. The van der Waals surface area contributed by atoms with Crippen LogP contribution in [0.1, 0.15) is 16.8 Å². The molecule has 0 atom stereocenters. The summed E-state index contributed by atoms with van der Waals surface area (Å²) in [5, 5.41) is 7.37. The summed E-state index contributed by atoms with van der Waals surface area (Å²) in [7, 11) is 0. The Bertz CT molecular complexity index is 1200. The Morgan fingerprint density at radius 2 is 1.81 bits per heavy atom. The van der Waals surface area contributed by atoms with Gasteiger partial charge in [-0.2, -0.15) is 18.3 Å². The zero-order valence-corrected chi connectivity index (χ0v) is 17.0. The molecule has 158 valence electrons. The first-order valence-electron chi connectivity index (χ1n) is 9.10. The van der Waals surface area contributed by atoms with Crippen molar-refractivity contribution in [2.75, 3.05) is 5.73 Å². The number of carbonyl (C=O) groups excluding carboxylic acids is 1. The van der Waals surface area contributed by atoms with Crippen molar-refractivity contribution in [1.29, 1.82) is 0 Å². The van der Waals surface area contributed by atoms with Crippen LogP contribution in [-0.4, -0.2) is 20.9 Å². The number of hydrogen-bond acceptors (Lipinski definition) is 5. The highest BCUT2D eigenvalue weighted by Crippen LogP contribution is 2.34. The summed E-state index contributed by atoms with van der Waals surface area (Å²) in [5.74, 6) is -0.0680. The Kier molecular flexibility index (Phi) is 5.32. The van der Waals surface area contributed by atoms with Crippen LogP contribution in [-0.2, 0) is 11.0 Å². The minimum atomic E-state index is -4.41. The van der Waals surface area contributed by atoms with E-state index in [4.69, 9.17) is 5.73 Å². The van der Waals surface area contributed by atoms with Crippen molar-refractivity contribution in [3.05, 3.63) is 76.3 Å². The number of hydrogen-bond donors (Lipinski definition) is 2. The van der Waals surface area contributed by atoms with Crippen molar-refractivity contribution in [2.24, 2.45) is 4.99 Å². The second-order valence-corrected chi connectivity index (χ2v) is 7.70. The molecule has 1 aromatic heterocycles. The highest BCUT2D eigenvalue weighted by Gasteiger charge is 2.30. The molecule has 1 aliphatic rings. The van der Waals surface area contributed by atoms with E-state index in [1.165, 1.54) is 18.2 Å². The molecular weight excluding hydrogens is 427 g/mol. The average molecular weight is 443 g/mol. The van der Waals surface area contributed by atoms with Gasteiger partial charge in [0.25, 0.3) is 5.91 Å². The molecule has 0 spiro atoms. The van der Waals surface area contributed by atoms with E-state index in [0.717, 1.165) is 29.6 Å². The minimum absolute atomic E-state index is 0.310. The van der Waals surface area contributed by atoms with Gasteiger partial charge in [0.05, 0.1) is 21.8 Å². The molecule has 1 fully saturated rings. The van der Waals surface area contributed by atoms with E-state index in [0.29, 0.717) is 32.8 Å². The van der Waals surface area contributed by atoms with Crippen LogP contribution in [0.25, 0.3) is 11.8 Å². The Labute approximate surface area is 179 Å². The number of amidine groups is 1. The maximum atomic E-state index is 12.7. The monoisotopic (exact) mass is 443 g/mol. The molecule has 0 unspecified atom stereocenters. The fraction of sp³-hybridized carbons (Fsp3) is 0.0952. The summed E-state index contributed by atoms with van der Waals surface area (Å²) in [4.78, 5) is 17.0. The molecule has 0 bridgehead atoms. The maximum Gasteiger partial charge on any atom is 0.416 e. The lowest BCUT2D eigenvalue weighted by Crippen LogP contribution is -2.19. The SMILES string of the molecule is Cc1nn(-c2ccccc2)c(N)c1N=C1NC(=O)/C(=C/c2ccc(C(F)(F)F)cc2)S1. The van der Waals surface area contributed by atoms with Crippen LogP contribution >= 0.6 is 11.8 Å². The molecule has 4 rings (SSSR count). The van der Waals surface area contributed by atoms with Crippen molar-refractivity contribution in [1.82, 2.24) is 15.1 Å². The minimum Gasteiger partial charge on any atom is -0.382 e. The number of para-hydroxylation sites is 1. The number of thioether (sulfide) groups is 1. The number of benzene rings is 2. The predicted molar refractivity (Wildman–Crippen MR) is 115 cm³/mol. The lowest BCUT2D eigenvalue weighted by molar-refractivity contribution is -0.137. The van der Waals surface area contributed by atoms with Gasteiger partial charge in [-0.3, -0.25) is 4.79 Å². The molecule has 6 nitrogen and oxygen atoms in total. The molecule has 1 aliphatic heterocycles. The number of nitrogens with two attached hydrogens (primary N) is 1. The zero-order chi connectivity index (χ0) is 22.2. The third-order valence-electron chi connectivity index (χ3n) is 4.46. The van der Waals surface area contributed by atoms with Crippen molar-refractivity contribution in [3.63, 3.8) is 0 Å². The molecule has 3 N–H and O–H groups in total. The van der Waals surface area contributed by atoms with Crippen LogP contribution in [0.4, 0.5) is 24.7 Å². The number of nitrogens with one attached hydrogen (secondary N) is 1. The van der Waals surface area contributed by atoms with Crippen LogP contribution in [0.3, 0.4) is 0 Å². The van der Waals surface area contributed by atoms with E-state index in [9.17, 15) is 18.0 Å². The standard InChI is InChI=1S/C21H16F3N5OS/c1-12-17(18(25)29(28-12)15-5-3-2-4-6-15)26-20-27-19(30)16(31-20)11-13-7-9-14(10-8-13)21(22,23)24/h2-11H,25H2,1H3,(H,26,27,30)/b16-11-. The van der Waals surface area contributed by atoms with Crippen molar-refractivity contribution >= 4 is 40.4 Å². The number of anilines is 1. The fourth-order valence-corrected chi connectivity index (χ4v) is 3.77. The van der Waals surface area contributed by atoms with Gasteiger partial charge in [0.1, 0.15) is 5.69 Å². The Hall–Kier alpha value is -3.53. The smallest absolute Gasteiger partial charge is 0.382 e. The van der Waals surface area contributed by atoms with Crippen LogP contribution < -0.4 is 11.1 Å². The second-order valence-electron chi connectivity index (χ2n) is 6.67. The Balaban J connectivity index is 1.59. The van der Waals surface area contributed by atoms with Gasteiger partial charge in [0.15, 0.2) is 11.0 Å². The summed E-state index contributed by atoms with van der Waals surface area (Å²) in [6, 6.07) is 13.9. The van der Waals surface area contributed by atoms with Gasteiger partial charge >= 0.3 is 6.18 Å². The molecule has 10 heteroatoms. The van der Waals surface area contributed by atoms with E-state index in [-0.39, 0.29) is 0 Å². The largest absolute Gasteiger partial charge is 0.416 e. The van der Waals surface area contributed by atoms with Gasteiger partial charge < -0.3 is 11.1 Å². The highest BCUT2D eigenvalue weighted by molar-refractivity contribution is 8.18. The first kappa shape index (κ1) is 20.7. The molecule has 1 amide bonds. The Morgan fingerprint density at radius 3 is 2.45 bits per heavy atom. The summed E-state index contributed by atoms with van der Waals surface area (Å²) in [5.41, 5.74) is 7.74. The Morgan fingerprint density at radius 1 is 1.13 bits per heavy atom. The van der Waals surface area contributed by atoms with E-state index in [1.54, 1.807) is 11.6 Å². The zero-order valence-electron chi connectivity index (χ0n) is 16.1. The van der Waals surface area contributed by atoms with Crippen molar-refractivity contribution < 1.29 is 18.0 Å². The second kappa shape index (κ2) is 7.95. The van der Waals surface area contributed by atoms with Gasteiger partial charge in [-0.15, -0.1) is 0 Å². The van der Waals surface area contributed by atoms with Crippen LogP contribution in [0.2, 0.25) is 0 Å². The quantitative estimate of drug-likeness (QED) is 0.576. The molecule has 2 aromatic carbocycles. The van der Waals surface area contributed by atoms with Crippen LogP contribution in [0, 0.1) is 6.92 Å². The molecule has 2 heterocycles. The predicted octanol–water partition coefficient (Wildman–Crippen LogP) is 4.67. The summed E-state index contributed by atoms with van der Waals surface area (Å²) < 4.78 is 39.7. The summed E-state index contributed by atoms with van der Waals surface area (Å²) >= 11 is 1.08. The highest BCUT2D eigenvalue weighted by atomic mass is 32.2. The van der Waals surface area contributed by atoms with Crippen molar-refractivity contribution in [2.45, 2.75) is 13.1 Å². The molecule has 0 radical (unpaired) electrons. The number of alkyl halides is 3. The number of aryl methyl sites for hydroxylation is 1. The van der Waals surface area contributed by atoms with Gasteiger partial charge in [0, 0.05) is 0 Å². The lowest BCUT2D eigenvalue weighted by Gasteiger charge is -2.06. The number of rotatable bonds is 3. The molecular formula is C21H16F3N5OS. The topological polar surface area (TPSA) is 85.3 Å². The number of nitrogen functional groups attached to an aromatic ring is 1. The normalized spacial score (nSPS) is 16.8. The number of aliphatic imine (C=N–C) groups is 1. The maximum absolute atomic E-state index is 12.7. The van der Waals surface area contributed by atoms with Crippen molar-refractivity contribution in [3.8, 4) is 5.69 Å². The van der Waals surface area contributed by atoms with Gasteiger partial charge in [-0.25, -0.2) is 9.67 Å². The van der Waals surface area contributed by atoms with Crippen LogP contribution in [0.5, 0.6) is 0 Å². The number of nitrogens with zero attached hydrogens (tertiary/aromatic N) is 3. The van der Waals surface area contributed by atoms with Gasteiger partial charge in [-0.1, -0.05) is 30.3 Å². The number of carbonyl (C=O) groups is 1. The fourth-order valence-electron chi connectivity index (χ4n) is 2.94. The average Bonchev–Trinajstić information content (AvgIpc) is 3.22. The molecule has 0 saturated carbocycles. The van der Waals surface area contributed by atoms with E-state index in [1.807, 2.05) is 30.3 Å². The molecule has 3 aromatic rings. The third kappa shape index (κ3) is 4.33. The number of halogens is 3. The summed E-state index contributed by atoms with van der Waals surface area (Å²) in [6.07, 6.45) is -2.90.